The van der Waals surface area contributed by atoms with Crippen LogP contribution >= 0.6 is 0 Å². The number of likely N-dealkylation sites (tertiary alicyclic amines) is 1. The molecule has 2 aliphatic rings. The molecule has 0 saturated carbocycles. The number of aromatic nitrogens is 3. The number of hydrogen-bond acceptors (Lipinski definition) is 7. The van der Waals surface area contributed by atoms with Crippen molar-refractivity contribution in [2.75, 3.05) is 13.1 Å². The Balaban J connectivity index is 1.23. The Hall–Kier alpha value is -3.36. The van der Waals surface area contributed by atoms with Crippen LogP contribution in [0.5, 0.6) is 0 Å². The van der Waals surface area contributed by atoms with Gasteiger partial charge in [-0.3, -0.25) is 10.7 Å². The molecule has 146 valence electrons. The number of hydrogen-bond donors (Lipinski definition) is 2. The fourth-order valence-corrected chi connectivity index (χ4v) is 3.26. The maximum atomic E-state index is 11.9. The van der Waals surface area contributed by atoms with E-state index in [9.17, 15) is 4.79 Å². The largest absolute Gasteiger partial charge is 0.445 e. The Morgan fingerprint density at radius 3 is 2.93 bits per heavy atom. The van der Waals surface area contributed by atoms with Crippen LogP contribution in [0.15, 0.2) is 53.8 Å². The van der Waals surface area contributed by atoms with Crippen molar-refractivity contribution >= 4 is 11.9 Å². The number of benzene rings is 1. The smallest absolute Gasteiger partial charge is 0.409 e. The second kappa shape index (κ2) is 8.12. The van der Waals surface area contributed by atoms with Crippen molar-refractivity contribution in [1.29, 1.82) is 0 Å². The first-order valence-electron chi connectivity index (χ1n) is 9.29. The Morgan fingerprint density at radius 1 is 1.36 bits per heavy atom. The van der Waals surface area contributed by atoms with Gasteiger partial charge in [-0.2, -0.15) is 5.10 Å². The quantitative estimate of drug-likeness (QED) is 0.834. The van der Waals surface area contributed by atoms with Crippen molar-refractivity contribution < 1.29 is 9.53 Å². The van der Waals surface area contributed by atoms with Crippen molar-refractivity contribution in [2.45, 2.75) is 32.2 Å². The summed E-state index contributed by atoms with van der Waals surface area (Å²) in [5.41, 5.74) is 4.81. The van der Waals surface area contributed by atoms with E-state index < -0.39 is 12.3 Å². The molecule has 2 N–H and O–H groups in total. The van der Waals surface area contributed by atoms with Crippen LogP contribution in [0.2, 0.25) is 0 Å². The molecule has 9 heteroatoms. The second-order valence-electron chi connectivity index (χ2n) is 6.87. The van der Waals surface area contributed by atoms with Crippen molar-refractivity contribution in [1.82, 2.24) is 30.6 Å². The van der Waals surface area contributed by atoms with Gasteiger partial charge in [0.15, 0.2) is 0 Å². The lowest BCUT2D eigenvalue weighted by molar-refractivity contribution is 0.136. The SMILES string of the molecule is Cc1cn(C2CCN(C3=NNC(NC(=O)OCc4ccccc4)C=C3)C2)nn1. The molecule has 2 aliphatic heterocycles. The van der Waals surface area contributed by atoms with Crippen LogP contribution in [0.1, 0.15) is 23.7 Å². The van der Waals surface area contributed by atoms with Gasteiger partial charge in [0.1, 0.15) is 18.6 Å². The Morgan fingerprint density at radius 2 is 2.21 bits per heavy atom. The fourth-order valence-electron chi connectivity index (χ4n) is 3.26. The second-order valence-corrected chi connectivity index (χ2v) is 6.87. The van der Waals surface area contributed by atoms with Crippen LogP contribution in [0.3, 0.4) is 0 Å². The minimum Gasteiger partial charge on any atom is -0.445 e. The average molecular weight is 381 g/mol. The molecule has 0 bridgehead atoms. The zero-order valence-electron chi connectivity index (χ0n) is 15.7. The highest BCUT2D eigenvalue weighted by Gasteiger charge is 2.27. The molecule has 3 heterocycles. The number of nitrogens with zero attached hydrogens (tertiary/aromatic N) is 5. The number of alkyl carbamates (subject to hydrolysis) is 1. The normalized spacial score (nSPS) is 21.2. The molecule has 1 amide bonds. The molecule has 2 aromatic rings. The number of carbonyl (C=O) groups excluding carboxylic acids is 1. The lowest BCUT2D eigenvalue weighted by atomic mass is 10.2. The van der Waals surface area contributed by atoms with E-state index in [0.717, 1.165) is 36.6 Å². The monoisotopic (exact) mass is 381 g/mol. The molecule has 0 radical (unpaired) electrons. The van der Waals surface area contributed by atoms with Crippen molar-refractivity contribution in [2.24, 2.45) is 5.10 Å². The number of hydrazone groups is 1. The Labute approximate surface area is 163 Å². The first-order chi connectivity index (χ1) is 13.7. The van der Waals surface area contributed by atoms with Crippen LogP contribution in [0, 0.1) is 6.92 Å². The minimum atomic E-state index is -0.493. The Bertz CT molecular complexity index is 877. The molecular formula is C19H23N7O2. The highest BCUT2D eigenvalue weighted by molar-refractivity contribution is 5.93. The van der Waals surface area contributed by atoms with E-state index in [0.29, 0.717) is 6.04 Å². The molecular weight excluding hydrogens is 358 g/mol. The molecule has 1 saturated heterocycles. The van der Waals surface area contributed by atoms with E-state index in [1.807, 2.05) is 60.3 Å². The molecule has 4 rings (SSSR count). The highest BCUT2D eigenvalue weighted by atomic mass is 16.5. The summed E-state index contributed by atoms with van der Waals surface area (Å²) in [7, 11) is 0. The van der Waals surface area contributed by atoms with Gasteiger partial charge in [0, 0.05) is 19.3 Å². The predicted octanol–water partition coefficient (Wildman–Crippen LogP) is 1.56. The molecule has 1 aromatic carbocycles. The van der Waals surface area contributed by atoms with E-state index in [1.54, 1.807) is 0 Å². The van der Waals surface area contributed by atoms with Gasteiger partial charge in [-0.1, -0.05) is 35.5 Å². The third kappa shape index (κ3) is 4.30. The maximum absolute atomic E-state index is 11.9. The topological polar surface area (TPSA) is 96.7 Å². The number of aryl methyl sites for hydroxylation is 1. The maximum Gasteiger partial charge on any atom is 0.409 e. The molecule has 2 atom stereocenters. The van der Waals surface area contributed by atoms with E-state index in [4.69, 9.17) is 4.74 Å². The standard InChI is InChI=1S/C19H23N7O2/c1-14-11-26(24-21-14)16-9-10-25(12-16)18-8-7-17(22-23-18)20-19(27)28-13-15-5-3-2-4-6-15/h2-8,11,16-17,22H,9-10,12-13H2,1H3,(H,20,27). The highest BCUT2D eigenvalue weighted by Crippen LogP contribution is 2.21. The van der Waals surface area contributed by atoms with Gasteiger partial charge in [-0.15, -0.1) is 5.10 Å². The van der Waals surface area contributed by atoms with Gasteiger partial charge in [0.2, 0.25) is 0 Å². The lowest BCUT2D eigenvalue weighted by Crippen LogP contribution is -2.45. The van der Waals surface area contributed by atoms with Gasteiger partial charge in [0.25, 0.3) is 0 Å². The summed E-state index contributed by atoms with van der Waals surface area (Å²) in [4.78, 5) is 14.1. The lowest BCUT2D eigenvalue weighted by Gasteiger charge is -2.24. The van der Waals surface area contributed by atoms with Gasteiger partial charge >= 0.3 is 6.09 Å². The summed E-state index contributed by atoms with van der Waals surface area (Å²) in [6.45, 7) is 3.89. The van der Waals surface area contributed by atoms with E-state index >= 15 is 0 Å². The van der Waals surface area contributed by atoms with Gasteiger partial charge in [-0.05, 0) is 31.1 Å². The Kier molecular flexibility index (Phi) is 5.22. The summed E-state index contributed by atoms with van der Waals surface area (Å²) in [6.07, 6.45) is 5.83. The predicted molar refractivity (Wildman–Crippen MR) is 103 cm³/mol. The molecule has 9 nitrogen and oxygen atoms in total. The number of rotatable bonds is 4. The van der Waals surface area contributed by atoms with E-state index in [1.165, 1.54) is 0 Å². The third-order valence-electron chi connectivity index (χ3n) is 4.73. The minimum absolute atomic E-state index is 0.231. The van der Waals surface area contributed by atoms with Crippen molar-refractivity contribution in [3.63, 3.8) is 0 Å². The van der Waals surface area contributed by atoms with Crippen LogP contribution in [0.25, 0.3) is 0 Å². The number of nitrogens with one attached hydrogen (secondary N) is 2. The van der Waals surface area contributed by atoms with Gasteiger partial charge in [-0.25, -0.2) is 9.48 Å². The van der Waals surface area contributed by atoms with Crippen LogP contribution in [-0.2, 0) is 11.3 Å². The van der Waals surface area contributed by atoms with E-state index in [-0.39, 0.29) is 6.61 Å². The van der Waals surface area contributed by atoms with Gasteiger partial charge < -0.3 is 9.64 Å². The molecule has 0 aliphatic carbocycles. The van der Waals surface area contributed by atoms with Crippen LogP contribution in [0.4, 0.5) is 4.79 Å². The fraction of sp³-hybridized carbons (Fsp3) is 0.368. The summed E-state index contributed by atoms with van der Waals surface area (Å²) >= 11 is 0. The van der Waals surface area contributed by atoms with Crippen LogP contribution < -0.4 is 10.7 Å². The van der Waals surface area contributed by atoms with E-state index in [2.05, 4.69) is 31.1 Å². The molecule has 2 unspecified atom stereocenters. The van der Waals surface area contributed by atoms with Crippen molar-refractivity contribution in [3.05, 3.63) is 59.9 Å². The summed E-state index contributed by atoms with van der Waals surface area (Å²) < 4.78 is 7.14. The average Bonchev–Trinajstić information content (AvgIpc) is 3.37. The van der Waals surface area contributed by atoms with Crippen molar-refractivity contribution in [3.8, 4) is 0 Å². The number of carbonyl (C=O) groups is 1. The summed E-state index contributed by atoms with van der Waals surface area (Å²) in [5, 5.41) is 15.3. The molecule has 1 aromatic heterocycles. The third-order valence-corrected chi connectivity index (χ3v) is 4.73. The first-order valence-corrected chi connectivity index (χ1v) is 9.29. The summed E-state index contributed by atoms with van der Waals surface area (Å²) in [5.74, 6) is 0.843. The molecule has 1 fully saturated rings. The molecule has 0 spiro atoms. The van der Waals surface area contributed by atoms with Crippen LogP contribution in [-0.4, -0.2) is 51.1 Å². The summed E-state index contributed by atoms with van der Waals surface area (Å²) in [6, 6.07) is 9.85. The number of amidine groups is 1. The molecule has 28 heavy (non-hydrogen) atoms. The number of amides is 1. The zero-order valence-corrected chi connectivity index (χ0v) is 15.7. The number of ether oxygens (including phenoxy) is 1. The zero-order chi connectivity index (χ0) is 19.3. The first kappa shape index (κ1) is 18.0. The van der Waals surface area contributed by atoms with Gasteiger partial charge in [0.05, 0.1) is 11.7 Å².